The first-order valence-electron chi connectivity index (χ1n) is 10.2. The van der Waals surface area contributed by atoms with E-state index < -0.39 is 11.6 Å². The Bertz CT molecular complexity index is 1100. The number of hydrogen-bond donors (Lipinski definition) is 2. The van der Waals surface area contributed by atoms with E-state index in [1.165, 1.54) is 6.92 Å². The summed E-state index contributed by atoms with van der Waals surface area (Å²) in [5, 5.41) is 21.3. The van der Waals surface area contributed by atoms with Crippen molar-refractivity contribution in [3.63, 3.8) is 0 Å². The van der Waals surface area contributed by atoms with Crippen LogP contribution in [0.15, 0.2) is 54.6 Å². The molecule has 2 N–H and O–H groups in total. The zero-order chi connectivity index (χ0) is 21.5. The number of hydrogen-bond acceptors (Lipinski definition) is 3. The van der Waals surface area contributed by atoms with Gasteiger partial charge in [0, 0.05) is 36.2 Å². The highest BCUT2D eigenvalue weighted by Crippen LogP contribution is 2.33. The van der Waals surface area contributed by atoms with Gasteiger partial charge in [-0.15, -0.1) is 0 Å². The lowest BCUT2D eigenvalue weighted by Crippen LogP contribution is -2.50. The highest BCUT2D eigenvalue weighted by atomic mass is 16.4. The molecular formula is C24H26N2O4. The third kappa shape index (κ3) is 3.37. The number of fused-ring (bicyclic) bond motifs is 3. The highest BCUT2D eigenvalue weighted by molar-refractivity contribution is 5.89. The molecule has 30 heavy (non-hydrogen) atoms. The molecule has 0 saturated heterocycles. The molecule has 2 atom stereocenters. The van der Waals surface area contributed by atoms with Crippen molar-refractivity contribution in [1.29, 1.82) is 0 Å². The van der Waals surface area contributed by atoms with Crippen molar-refractivity contribution in [2.24, 2.45) is 0 Å². The second-order valence-corrected chi connectivity index (χ2v) is 8.17. The Labute approximate surface area is 175 Å². The van der Waals surface area contributed by atoms with E-state index in [1.807, 2.05) is 30.3 Å². The summed E-state index contributed by atoms with van der Waals surface area (Å²) in [4.78, 5) is 26.2. The van der Waals surface area contributed by atoms with Gasteiger partial charge in [0.2, 0.25) is 0 Å². The van der Waals surface area contributed by atoms with Gasteiger partial charge in [0.15, 0.2) is 5.60 Å². The van der Waals surface area contributed by atoms with Crippen LogP contribution < -0.4 is 0 Å². The van der Waals surface area contributed by atoms with E-state index in [1.54, 1.807) is 36.2 Å². The lowest BCUT2D eigenvalue weighted by molar-refractivity contribution is -0.152. The van der Waals surface area contributed by atoms with Crippen molar-refractivity contribution < 1.29 is 19.8 Å². The monoisotopic (exact) mass is 406 g/mol. The van der Waals surface area contributed by atoms with Crippen molar-refractivity contribution in [2.45, 2.75) is 44.4 Å². The number of carbonyl (C=O) groups excluding carboxylic acids is 1. The molecule has 2 aromatic carbocycles. The average Bonchev–Trinajstić information content (AvgIpc) is 3.06. The molecule has 0 saturated carbocycles. The third-order valence-corrected chi connectivity index (χ3v) is 6.25. The quantitative estimate of drug-likeness (QED) is 0.683. The van der Waals surface area contributed by atoms with E-state index in [0.29, 0.717) is 18.5 Å². The van der Waals surface area contributed by atoms with Crippen molar-refractivity contribution in [2.75, 3.05) is 7.05 Å². The maximum Gasteiger partial charge on any atom is 0.307 e. The molecule has 1 aromatic heterocycles. The molecule has 3 aromatic rings. The molecule has 1 aliphatic rings. The molecule has 2 heterocycles. The summed E-state index contributed by atoms with van der Waals surface area (Å²) in [6, 6.07) is 16.7. The summed E-state index contributed by atoms with van der Waals surface area (Å²) < 4.78 is 2.14. The van der Waals surface area contributed by atoms with Gasteiger partial charge >= 0.3 is 5.97 Å². The number of likely N-dealkylation sites (N-methyl/N-ethyl adjacent to an activating group) is 1. The number of aromatic nitrogens is 1. The first kappa shape index (κ1) is 20.2. The molecule has 6 heteroatoms. The number of benzene rings is 2. The SMILES string of the molecule is CN(C(=O)[C@](C)(O)c1ccccc1)[C@@H]1CCc2c(CC(=O)O)c3ccccc3n2C1. The predicted octanol–water partition coefficient (Wildman–Crippen LogP) is 2.95. The van der Waals surface area contributed by atoms with E-state index in [9.17, 15) is 19.8 Å². The van der Waals surface area contributed by atoms with Crippen LogP contribution in [0, 0.1) is 0 Å². The molecule has 1 aliphatic heterocycles. The Kier molecular flexibility index (Phi) is 5.12. The minimum absolute atomic E-state index is 0.00893. The number of aliphatic hydroxyl groups is 1. The van der Waals surface area contributed by atoms with Gasteiger partial charge in [0.25, 0.3) is 5.91 Å². The van der Waals surface area contributed by atoms with Crippen LogP contribution in [0.4, 0.5) is 0 Å². The topological polar surface area (TPSA) is 82.8 Å². The summed E-state index contributed by atoms with van der Waals surface area (Å²) >= 11 is 0. The Morgan fingerprint density at radius 1 is 1.13 bits per heavy atom. The minimum Gasteiger partial charge on any atom is -0.481 e. The molecule has 1 amide bonds. The maximum absolute atomic E-state index is 13.2. The Hall–Kier alpha value is -3.12. The fraction of sp³-hybridized carbons (Fsp3) is 0.333. The second-order valence-electron chi connectivity index (χ2n) is 8.17. The van der Waals surface area contributed by atoms with Gasteiger partial charge in [-0.05, 0) is 37.0 Å². The molecule has 0 radical (unpaired) electrons. The molecule has 0 spiro atoms. The molecule has 0 unspecified atom stereocenters. The molecule has 156 valence electrons. The number of carboxylic acids is 1. The fourth-order valence-corrected chi connectivity index (χ4v) is 4.59. The Morgan fingerprint density at radius 3 is 2.50 bits per heavy atom. The zero-order valence-corrected chi connectivity index (χ0v) is 17.2. The summed E-state index contributed by atoms with van der Waals surface area (Å²) in [5.74, 6) is -1.19. The van der Waals surface area contributed by atoms with Gasteiger partial charge < -0.3 is 19.7 Å². The first-order valence-corrected chi connectivity index (χ1v) is 10.2. The molecule has 0 aliphatic carbocycles. The van der Waals surface area contributed by atoms with E-state index in [0.717, 1.165) is 28.6 Å². The predicted molar refractivity (Wildman–Crippen MR) is 114 cm³/mol. The van der Waals surface area contributed by atoms with Crippen LogP contribution in [0.2, 0.25) is 0 Å². The molecule has 0 fully saturated rings. The van der Waals surface area contributed by atoms with E-state index in [2.05, 4.69) is 4.57 Å². The summed E-state index contributed by atoms with van der Waals surface area (Å²) in [6.45, 7) is 2.11. The van der Waals surface area contributed by atoms with Crippen LogP contribution >= 0.6 is 0 Å². The lowest BCUT2D eigenvalue weighted by Gasteiger charge is -2.37. The number of carboxylic acid groups (broad SMARTS) is 1. The summed E-state index contributed by atoms with van der Waals surface area (Å²) in [6.07, 6.45) is 1.40. The number of rotatable bonds is 5. The van der Waals surface area contributed by atoms with Crippen LogP contribution in [0.25, 0.3) is 10.9 Å². The van der Waals surface area contributed by atoms with Gasteiger partial charge in [-0.2, -0.15) is 0 Å². The lowest BCUT2D eigenvalue weighted by atomic mass is 9.93. The van der Waals surface area contributed by atoms with Gasteiger partial charge in [0.05, 0.1) is 6.42 Å². The second kappa shape index (κ2) is 7.61. The largest absolute Gasteiger partial charge is 0.481 e. The van der Waals surface area contributed by atoms with Crippen molar-refractivity contribution >= 4 is 22.8 Å². The zero-order valence-electron chi connectivity index (χ0n) is 17.2. The number of para-hydroxylation sites is 1. The van der Waals surface area contributed by atoms with Crippen LogP contribution in [0.1, 0.15) is 30.2 Å². The molecule has 6 nitrogen and oxygen atoms in total. The van der Waals surface area contributed by atoms with Crippen LogP contribution in [0.3, 0.4) is 0 Å². The van der Waals surface area contributed by atoms with Gasteiger partial charge in [0.1, 0.15) is 0 Å². The Balaban J connectivity index is 1.64. The van der Waals surface area contributed by atoms with Crippen molar-refractivity contribution in [3.8, 4) is 0 Å². The number of amides is 1. The average molecular weight is 406 g/mol. The van der Waals surface area contributed by atoms with Crippen LogP contribution in [-0.4, -0.2) is 44.6 Å². The third-order valence-electron chi connectivity index (χ3n) is 6.25. The molecule has 0 bridgehead atoms. The van der Waals surface area contributed by atoms with E-state index >= 15 is 0 Å². The molecule has 4 rings (SSSR count). The van der Waals surface area contributed by atoms with Gasteiger partial charge in [-0.3, -0.25) is 9.59 Å². The number of carbonyl (C=O) groups is 2. The van der Waals surface area contributed by atoms with Crippen LogP contribution in [0.5, 0.6) is 0 Å². The minimum atomic E-state index is -1.61. The van der Waals surface area contributed by atoms with Crippen molar-refractivity contribution in [1.82, 2.24) is 9.47 Å². The van der Waals surface area contributed by atoms with Gasteiger partial charge in [-0.1, -0.05) is 48.5 Å². The fourth-order valence-electron chi connectivity index (χ4n) is 4.59. The van der Waals surface area contributed by atoms with Crippen molar-refractivity contribution in [3.05, 3.63) is 71.4 Å². The molecular weight excluding hydrogens is 380 g/mol. The summed E-state index contributed by atoms with van der Waals surface area (Å²) in [7, 11) is 1.74. The normalized spacial score (nSPS) is 17.9. The van der Waals surface area contributed by atoms with Gasteiger partial charge in [-0.25, -0.2) is 0 Å². The maximum atomic E-state index is 13.2. The van der Waals surface area contributed by atoms with Crippen LogP contribution in [-0.2, 0) is 34.6 Å². The Morgan fingerprint density at radius 2 is 1.80 bits per heavy atom. The number of aliphatic carboxylic acids is 1. The number of nitrogens with zero attached hydrogens (tertiary/aromatic N) is 2. The highest BCUT2D eigenvalue weighted by Gasteiger charge is 2.38. The first-order chi connectivity index (χ1) is 14.3. The van der Waals surface area contributed by atoms with E-state index in [4.69, 9.17) is 0 Å². The van der Waals surface area contributed by atoms with E-state index in [-0.39, 0.29) is 18.4 Å². The summed E-state index contributed by atoms with van der Waals surface area (Å²) in [5.41, 5.74) is 1.84. The standard InChI is InChI=1S/C24H26N2O4/c1-24(30,16-8-4-3-5-9-16)23(29)25(2)17-12-13-21-19(14-22(27)28)18-10-6-7-11-20(18)26(21)15-17/h3-11,17,30H,12-15H2,1-2H3,(H,27,28)/t17-,24-/m1/s1. The smallest absolute Gasteiger partial charge is 0.307 e.